The predicted octanol–water partition coefficient (Wildman–Crippen LogP) is 6.14. The van der Waals surface area contributed by atoms with Gasteiger partial charge >= 0.3 is 13.7 Å². The number of unbranched alkanes of at least 4 members (excludes halogenated alkanes) is 1. The Balaban J connectivity index is 1.81. The van der Waals surface area contributed by atoms with Gasteiger partial charge in [-0.05, 0) is 59.2 Å². The van der Waals surface area contributed by atoms with Gasteiger partial charge in [0.2, 0.25) is 0 Å². The molecular formula is C31H43N6O6P. The molecular weight excluding hydrogens is 583 g/mol. The summed E-state index contributed by atoms with van der Waals surface area (Å²) in [5.74, 6) is 0.635. The van der Waals surface area contributed by atoms with Crippen LogP contribution < -0.4 is 15.3 Å². The van der Waals surface area contributed by atoms with Gasteiger partial charge in [-0.2, -0.15) is 5.09 Å². The van der Waals surface area contributed by atoms with Crippen molar-refractivity contribution in [1.29, 1.82) is 0 Å². The first-order valence-electron chi connectivity index (χ1n) is 15.0. The zero-order chi connectivity index (χ0) is 31.9. The van der Waals surface area contributed by atoms with E-state index in [9.17, 15) is 9.36 Å². The lowest BCUT2D eigenvalue weighted by atomic mass is 9.94. The molecule has 13 heteroatoms. The zero-order valence-electron chi connectivity index (χ0n) is 26.3. The number of carbonyl (C=O) groups is 1. The topological polar surface area (TPSA) is 153 Å². The number of nitrogens with two attached hydrogens (primary N) is 1. The second kappa shape index (κ2) is 14.5. The van der Waals surface area contributed by atoms with E-state index in [0.29, 0.717) is 30.2 Å². The number of ether oxygens (including phenoxy) is 2. The van der Waals surface area contributed by atoms with Crippen LogP contribution in [-0.2, 0) is 35.5 Å². The number of hydrogen-bond acceptors (Lipinski definition) is 10. The summed E-state index contributed by atoms with van der Waals surface area (Å²) in [5.41, 5.74) is 7.72. The summed E-state index contributed by atoms with van der Waals surface area (Å²) in [7, 11) is -4.16. The van der Waals surface area contributed by atoms with Crippen LogP contribution in [0.5, 0.6) is 5.75 Å². The molecule has 0 amide bonds. The Kier molecular flexibility index (Phi) is 11.0. The van der Waals surface area contributed by atoms with Crippen molar-refractivity contribution in [2.75, 3.05) is 18.9 Å². The Morgan fingerprint density at radius 1 is 1.11 bits per heavy atom. The van der Waals surface area contributed by atoms with Crippen molar-refractivity contribution in [3.05, 3.63) is 54.6 Å². The maximum atomic E-state index is 14.4. The summed E-state index contributed by atoms with van der Waals surface area (Å²) in [6.45, 7) is 11.7. The molecule has 0 aliphatic heterocycles. The zero-order valence-corrected chi connectivity index (χ0v) is 27.2. The molecule has 4 aromatic rings. The molecule has 0 bridgehead atoms. The number of anilines is 1. The molecule has 3 atom stereocenters. The second-order valence-corrected chi connectivity index (χ2v) is 12.9. The van der Waals surface area contributed by atoms with Crippen LogP contribution in [0.2, 0.25) is 0 Å². The van der Waals surface area contributed by atoms with Gasteiger partial charge in [0.25, 0.3) is 0 Å². The van der Waals surface area contributed by atoms with Crippen molar-refractivity contribution in [2.45, 2.75) is 85.1 Å². The minimum absolute atomic E-state index is 0.0601. The van der Waals surface area contributed by atoms with E-state index in [1.54, 1.807) is 32.9 Å². The third-order valence-corrected chi connectivity index (χ3v) is 8.74. The number of benzene rings is 1. The summed E-state index contributed by atoms with van der Waals surface area (Å²) in [6, 6.07) is 9.89. The number of esters is 1. The van der Waals surface area contributed by atoms with Gasteiger partial charge in [0, 0.05) is 24.4 Å². The Morgan fingerprint density at radius 3 is 2.52 bits per heavy atom. The highest BCUT2D eigenvalue weighted by Crippen LogP contribution is 2.47. The van der Waals surface area contributed by atoms with E-state index in [-0.39, 0.29) is 25.1 Å². The number of nitrogens with zero attached hydrogens (tertiary/aromatic N) is 4. The van der Waals surface area contributed by atoms with Gasteiger partial charge in [0.05, 0.1) is 29.3 Å². The summed E-state index contributed by atoms with van der Waals surface area (Å²) >= 11 is 0. The lowest BCUT2D eigenvalue weighted by molar-refractivity contribution is -0.149. The second-order valence-electron chi connectivity index (χ2n) is 11.2. The predicted molar refractivity (Wildman–Crippen MR) is 170 cm³/mol. The van der Waals surface area contributed by atoms with Crippen LogP contribution in [0, 0.1) is 0 Å². The Bertz CT molecular complexity index is 1610. The number of para-hydroxylation sites is 1. The van der Waals surface area contributed by atoms with Crippen LogP contribution in [0.25, 0.3) is 21.9 Å². The molecule has 3 aromatic heterocycles. The van der Waals surface area contributed by atoms with E-state index >= 15 is 0 Å². The first-order valence-corrected chi connectivity index (χ1v) is 16.5. The Morgan fingerprint density at radius 2 is 1.84 bits per heavy atom. The van der Waals surface area contributed by atoms with Crippen LogP contribution in [0.3, 0.4) is 0 Å². The summed E-state index contributed by atoms with van der Waals surface area (Å²) < 4.78 is 39.8. The highest BCUT2D eigenvalue weighted by molar-refractivity contribution is 7.52. The fourth-order valence-electron chi connectivity index (χ4n) is 5.00. The summed E-state index contributed by atoms with van der Waals surface area (Å²) in [5, 5.41) is 3.65. The van der Waals surface area contributed by atoms with Gasteiger partial charge in [-0.15, -0.1) is 0 Å². The SMILES string of the molecule is CCCCC(C)(CO[P@](=O)(N[C@@H](C)C(=O)OC(C)C)Oc1ccncc1)n1c(COCC)nc2c(N)nc3ccccc3c21. The van der Waals surface area contributed by atoms with Crippen molar-refractivity contribution in [3.63, 3.8) is 0 Å². The minimum Gasteiger partial charge on any atom is -0.462 e. The monoisotopic (exact) mass is 626 g/mol. The normalized spacial score (nSPS) is 15.2. The fraction of sp³-hybridized carbons (Fsp3) is 0.484. The number of nitrogen functional groups attached to an aromatic ring is 1. The molecule has 0 fully saturated rings. The molecule has 0 radical (unpaired) electrons. The van der Waals surface area contributed by atoms with E-state index in [1.165, 1.54) is 12.4 Å². The third-order valence-electron chi connectivity index (χ3n) is 7.11. The number of nitrogens with one attached hydrogen (secondary N) is 1. The van der Waals surface area contributed by atoms with Crippen molar-refractivity contribution < 1.29 is 27.9 Å². The molecule has 0 spiro atoms. The third kappa shape index (κ3) is 7.74. The van der Waals surface area contributed by atoms with E-state index in [4.69, 9.17) is 29.2 Å². The molecule has 1 unspecified atom stereocenters. The first-order chi connectivity index (χ1) is 21.0. The van der Waals surface area contributed by atoms with E-state index < -0.39 is 25.3 Å². The van der Waals surface area contributed by atoms with Gasteiger partial charge in [-0.25, -0.2) is 14.5 Å². The lowest BCUT2D eigenvalue weighted by Crippen LogP contribution is -2.40. The summed E-state index contributed by atoms with van der Waals surface area (Å²) in [6.07, 6.45) is 5.08. The van der Waals surface area contributed by atoms with Crippen LogP contribution in [-0.4, -0.2) is 50.8 Å². The molecule has 0 aliphatic carbocycles. The number of hydrogen-bond donors (Lipinski definition) is 2. The van der Waals surface area contributed by atoms with Crippen molar-refractivity contribution in [1.82, 2.24) is 24.6 Å². The Labute approximate surface area is 258 Å². The van der Waals surface area contributed by atoms with Crippen LogP contribution in [0.4, 0.5) is 5.82 Å². The molecule has 4 rings (SSSR count). The number of imidazole rings is 1. The van der Waals surface area contributed by atoms with Gasteiger partial charge < -0.3 is 24.3 Å². The molecule has 12 nitrogen and oxygen atoms in total. The van der Waals surface area contributed by atoms with Crippen molar-refractivity contribution in [2.24, 2.45) is 0 Å². The standard InChI is InChI=1S/C31H43N6O6P/c1-7-9-16-31(6,20-41-44(39,43-23-14-17-33-18-15-23)36-22(5)30(38)42-21(3)4)37-26(19-40-8-2)35-27-28(37)24-12-10-11-13-25(24)34-29(27)32/h10-15,17-18,21-22H,7-9,16,19-20H2,1-6H3,(H2,32,34)(H,36,39)/t22-,31?,44+/m0/s1. The van der Waals surface area contributed by atoms with Crippen LogP contribution in [0.15, 0.2) is 48.8 Å². The average molecular weight is 627 g/mol. The van der Waals surface area contributed by atoms with Crippen molar-refractivity contribution >= 4 is 41.5 Å². The van der Waals surface area contributed by atoms with Gasteiger partial charge in [0.15, 0.2) is 5.82 Å². The summed E-state index contributed by atoms with van der Waals surface area (Å²) in [4.78, 5) is 26.2. The Hall–Kier alpha value is -3.57. The number of aromatic nitrogens is 4. The maximum Gasteiger partial charge on any atom is 0.459 e. The van der Waals surface area contributed by atoms with E-state index in [2.05, 4.69) is 26.5 Å². The average Bonchev–Trinajstić information content (AvgIpc) is 3.39. The van der Waals surface area contributed by atoms with Gasteiger partial charge in [-0.3, -0.25) is 14.3 Å². The van der Waals surface area contributed by atoms with E-state index in [0.717, 1.165) is 29.3 Å². The van der Waals surface area contributed by atoms with E-state index in [1.807, 2.05) is 38.1 Å². The molecule has 0 aliphatic rings. The smallest absolute Gasteiger partial charge is 0.459 e. The molecule has 1 aromatic carbocycles. The number of carbonyl (C=O) groups excluding carboxylic acids is 1. The van der Waals surface area contributed by atoms with Crippen molar-refractivity contribution in [3.8, 4) is 5.75 Å². The first kappa shape index (κ1) is 33.3. The highest BCUT2D eigenvalue weighted by Gasteiger charge is 2.39. The van der Waals surface area contributed by atoms with Crippen LogP contribution in [0.1, 0.15) is 66.6 Å². The number of fused-ring (bicyclic) bond motifs is 3. The molecule has 3 heterocycles. The minimum atomic E-state index is -4.16. The molecule has 3 N–H and O–H groups in total. The van der Waals surface area contributed by atoms with Crippen LogP contribution >= 0.6 is 7.75 Å². The number of rotatable bonds is 16. The maximum absolute atomic E-state index is 14.4. The quantitative estimate of drug-likeness (QED) is 0.109. The molecule has 238 valence electrons. The highest BCUT2D eigenvalue weighted by atomic mass is 31.2. The number of pyridine rings is 2. The molecule has 0 saturated heterocycles. The molecule has 0 saturated carbocycles. The molecule has 44 heavy (non-hydrogen) atoms. The van der Waals surface area contributed by atoms with Gasteiger partial charge in [-0.1, -0.05) is 38.0 Å². The lowest BCUT2D eigenvalue weighted by Gasteiger charge is -2.35. The largest absolute Gasteiger partial charge is 0.462 e. The van der Waals surface area contributed by atoms with Gasteiger partial charge in [0.1, 0.15) is 29.7 Å². The fourth-order valence-corrected chi connectivity index (χ4v) is 6.61.